The minimum Gasteiger partial charge on any atom is -0.343 e. The zero-order valence-electron chi connectivity index (χ0n) is 11.7. The van der Waals surface area contributed by atoms with E-state index in [-0.39, 0.29) is 0 Å². The standard InChI is InChI=1S/C15H29NO/c1-3-4-5-6-9-14(2)10-7-12-16-13-8-11-15(16)17/h14H,3-13H2,1-2H3. The van der Waals surface area contributed by atoms with Crippen LogP contribution in [0.15, 0.2) is 0 Å². The summed E-state index contributed by atoms with van der Waals surface area (Å²) >= 11 is 0. The van der Waals surface area contributed by atoms with Gasteiger partial charge in [0.15, 0.2) is 0 Å². The van der Waals surface area contributed by atoms with Crippen molar-refractivity contribution in [1.82, 2.24) is 4.90 Å². The van der Waals surface area contributed by atoms with Gasteiger partial charge in [0.05, 0.1) is 0 Å². The van der Waals surface area contributed by atoms with Crippen LogP contribution in [0.5, 0.6) is 0 Å². The first-order chi connectivity index (χ1) is 8.24. The zero-order valence-corrected chi connectivity index (χ0v) is 11.7. The minimum atomic E-state index is 0.376. The fourth-order valence-corrected chi connectivity index (χ4v) is 2.63. The van der Waals surface area contributed by atoms with Crippen LogP contribution in [0.25, 0.3) is 0 Å². The smallest absolute Gasteiger partial charge is 0.222 e. The van der Waals surface area contributed by atoms with E-state index in [1.54, 1.807) is 0 Å². The van der Waals surface area contributed by atoms with Gasteiger partial charge in [0.2, 0.25) is 5.91 Å². The molecule has 1 atom stereocenters. The van der Waals surface area contributed by atoms with Crippen molar-refractivity contribution in [1.29, 1.82) is 0 Å². The first kappa shape index (κ1) is 14.5. The molecule has 2 nitrogen and oxygen atoms in total. The molecule has 0 radical (unpaired) electrons. The number of carbonyl (C=O) groups is 1. The number of likely N-dealkylation sites (tertiary alicyclic amines) is 1. The van der Waals surface area contributed by atoms with E-state index < -0.39 is 0 Å². The number of amides is 1. The molecule has 1 unspecified atom stereocenters. The van der Waals surface area contributed by atoms with E-state index in [1.807, 2.05) is 4.90 Å². The summed E-state index contributed by atoms with van der Waals surface area (Å²) in [4.78, 5) is 13.5. The van der Waals surface area contributed by atoms with Gasteiger partial charge < -0.3 is 4.90 Å². The van der Waals surface area contributed by atoms with Gasteiger partial charge in [-0.3, -0.25) is 4.79 Å². The highest BCUT2D eigenvalue weighted by Crippen LogP contribution is 2.17. The van der Waals surface area contributed by atoms with Crippen LogP contribution in [0.2, 0.25) is 0 Å². The number of nitrogens with zero attached hydrogens (tertiary/aromatic N) is 1. The summed E-state index contributed by atoms with van der Waals surface area (Å²) < 4.78 is 0. The molecule has 0 aromatic heterocycles. The Morgan fingerprint density at radius 1 is 1.18 bits per heavy atom. The topological polar surface area (TPSA) is 20.3 Å². The van der Waals surface area contributed by atoms with Crippen molar-refractivity contribution in [3.05, 3.63) is 0 Å². The summed E-state index contributed by atoms with van der Waals surface area (Å²) in [5.41, 5.74) is 0. The molecule has 0 saturated carbocycles. The SMILES string of the molecule is CCCCCCC(C)CCCN1CCCC1=O. The fourth-order valence-electron chi connectivity index (χ4n) is 2.63. The zero-order chi connectivity index (χ0) is 12.5. The highest BCUT2D eigenvalue weighted by atomic mass is 16.2. The molecule has 1 saturated heterocycles. The van der Waals surface area contributed by atoms with Crippen LogP contribution in [0.1, 0.15) is 71.6 Å². The maximum Gasteiger partial charge on any atom is 0.222 e. The lowest BCUT2D eigenvalue weighted by molar-refractivity contribution is -0.127. The Morgan fingerprint density at radius 3 is 2.59 bits per heavy atom. The number of hydrogen-bond acceptors (Lipinski definition) is 1. The maximum atomic E-state index is 11.4. The molecule has 1 aliphatic heterocycles. The first-order valence-corrected chi connectivity index (χ1v) is 7.51. The van der Waals surface area contributed by atoms with Crippen LogP contribution in [0.3, 0.4) is 0 Å². The molecular weight excluding hydrogens is 210 g/mol. The molecule has 1 aliphatic rings. The van der Waals surface area contributed by atoms with Crippen LogP contribution in [0.4, 0.5) is 0 Å². The lowest BCUT2D eigenvalue weighted by atomic mass is 9.98. The van der Waals surface area contributed by atoms with Crippen LogP contribution < -0.4 is 0 Å². The monoisotopic (exact) mass is 239 g/mol. The van der Waals surface area contributed by atoms with E-state index >= 15 is 0 Å². The minimum absolute atomic E-state index is 0.376. The third kappa shape index (κ3) is 6.09. The Morgan fingerprint density at radius 2 is 1.94 bits per heavy atom. The van der Waals surface area contributed by atoms with Crippen molar-refractivity contribution >= 4 is 5.91 Å². The molecule has 2 heteroatoms. The van der Waals surface area contributed by atoms with Gasteiger partial charge in [-0.2, -0.15) is 0 Å². The highest BCUT2D eigenvalue weighted by Gasteiger charge is 2.19. The molecule has 1 heterocycles. The number of carbonyl (C=O) groups excluding carboxylic acids is 1. The second-order valence-corrected chi connectivity index (χ2v) is 5.58. The van der Waals surface area contributed by atoms with E-state index in [9.17, 15) is 4.79 Å². The van der Waals surface area contributed by atoms with Crippen molar-refractivity contribution in [3.63, 3.8) is 0 Å². The molecule has 0 bridgehead atoms. The lowest BCUT2D eigenvalue weighted by Gasteiger charge is -2.17. The lowest BCUT2D eigenvalue weighted by Crippen LogP contribution is -2.25. The second-order valence-electron chi connectivity index (χ2n) is 5.58. The maximum absolute atomic E-state index is 11.4. The van der Waals surface area contributed by atoms with Gasteiger partial charge >= 0.3 is 0 Å². The molecule has 1 fully saturated rings. The van der Waals surface area contributed by atoms with Crippen LogP contribution >= 0.6 is 0 Å². The molecule has 17 heavy (non-hydrogen) atoms. The molecule has 1 rings (SSSR count). The van der Waals surface area contributed by atoms with E-state index in [2.05, 4.69) is 13.8 Å². The van der Waals surface area contributed by atoms with Gasteiger partial charge in [0.1, 0.15) is 0 Å². The van der Waals surface area contributed by atoms with Gasteiger partial charge in [-0.15, -0.1) is 0 Å². The molecule has 0 aromatic carbocycles. The van der Waals surface area contributed by atoms with Gasteiger partial charge in [0, 0.05) is 19.5 Å². The normalized spacial score (nSPS) is 17.8. The highest BCUT2D eigenvalue weighted by molar-refractivity contribution is 5.77. The number of rotatable bonds is 9. The molecule has 1 amide bonds. The van der Waals surface area contributed by atoms with Gasteiger partial charge in [-0.05, 0) is 25.2 Å². The molecule has 0 aliphatic carbocycles. The Balaban J connectivity index is 1.96. The fraction of sp³-hybridized carbons (Fsp3) is 0.933. The average molecular weight is 239 g/mol. The Bertz CT molecular complexity index is 215. The van der Waals surface area contributed by atoms with Gasteiger partial charge in [-0.25, -0.2) is 0 Å². The van der Waals surface area contributed by atoms with Crippen LogP contribution in [-0.4, -0.2) is 23.9 Å². The first-order valence-electron chi connectivity index (χ1n) is 7.51. The Kier molecular flexibility index (Phi) is 7.30. The van der Waals surface area contributed by atoms with E-state index in [4.69, 9.17) is 0 Å². The predicted molar refractivity (Wildman–Crippen MR) is 73.0 cm³/mol. The summed E-state index contributed by atoms with van der Waals surface area (Å²) in [5.74, 6) is 1.21. The molecule has 0 spiro atoms. The van der Waals surface area contributed by atoms with E-state index in [1.165, 1.54) is 44.9 Å². The van der Waals surface area contributed by atoms with Crippen molar-refractivity contribution < 1.29 is 4.79 Å². The average Bonchev–Trinajstić information content (AvgIpc) is 2.71. The molecule has 100 valence electrons. The quantitative estimate of drug-likeness (QED) is 0.557. The third-order valence-electron chi connectivity index (χ3n) is 3.85. The predicted octanol–water partition coefficient (Wildman–Crippen LogP) is 4.00. The molecule has 0 aromatic rings. The number of unbranched alkanes of at least 4 members (excludes halogenated alkanes) is 3. The van der Waals surface area contributed by atoms with Crippen LogP contribution in [0, 0.1) is 5.92 Å². The summed E-state index contributed by atoms with van der Waals surface area (Å²) in [5, 5.41) is 0. The largest absolute Gasteiger partial charge is 0.343 e. The summed E-state index contributed by atoms with van der Waals surface area (Å²) in [7, 11) is 0. The van der Waals surface area contributed by atoms with Gasteiger partial charge in [-0.1, -0.05) is 46.0 Å². The van der Waals surface area contributed by atoms with E-state index in [0.29, 0.717) is 5.91 Å². The summed E-state index contributed by atoms with van der Waals surface area (Å²) in [6, 6.07) is 0. The summed E-state index contributed by atoms with van der Waals surface area (Å²) in [6.07, 6.45) is 11.2. The van der Waals surface area contributed by atoms with E-state index in [0.717, 1.165) is 31.8 Å². The Labute approximate surface area is 107 Å². The Hall–Kier alpha value is -0.530. The molecule has 0 N–H and O–H groups in total. The molecular formula is C15H29NO. The summed E-state index contributed by atoms with van der Waals surface area (Å²) in [6.45, 7) is 6.62. The number of hydrogen-bond donors (Lipinski definition) is 0. The van der Waals surface area contributed by atoms with Crippen molar-refractivity contribution in [2.75, 3.05) is 13.1 Å². The van der Waals surface area contributed by atoms with Crippen molar-refractivity contribution in [2.24, 2.45) is 5.92 Å². The van der Waals surface area contributed by atoms with Crippen molar-refractivity contribution in [2.45, 2.75) is 71.6 Å². The van der Waals surface area contributed by atoms with Crippen LogP contribution in [-0.2, 0) is 4.79 Å². The van der Waals surface area contributed by atoms with Gasteiger partial charge in [0.25, 0.3) is 0 Å². The van der Waals surface area contributed by atoms with Crippen molar-refractivity contribution in [3.8, 4) is 0 Å². The third-order valence-corrected chi connectivity index (χ3v) is 3.85. The second kappa shape index (κ2) is 8.54.